The fraction of sp³-hybridized carbons (Fsp3) is 0.429. The zero-order valence-electron chi connectivity index (χ0n) is 28.2. The summed E-state index contributed by atoms with van der Waals surface area (Å²) in [6.45, 7) is 2.80. The summed E-state index contributed by atoms with van der Waals surface area (Å²) in [4.78, 5) is 32.5. The number of rotatable bonds is 5. The number of carbonyl (C=O) groups excluding carboxylic acids is 1. The number of benzene rings is 2. The van der Waals surface area contributed by atoms with Gasteiger partial charge in [0.15, 0.2) is 5.82 Å². The normalized spacial score (nSPS) is 24.5. The standard InChI is InChI=1S/C35H32ClF3N10O3S/c36-23-10-21-28(27(39)26(23)20-2-3-24(38)29-25(20)22(12-40)30(41)53-29)44-32(52-16-34-4-1-6-47(34)13-19(37)11-34)45-31(21)46-8-9-51-15-35(14-46)5-7-48(35)33(50)49-18-42-17-43-49/h2-3,10,17-19H,1,4-9,11,13-16,41H2/t19-,34+,35-/m1/s1. The number of fused-ring (bicyclic) bond motifs is 3. The molecular weight excluding hydrogens is 733 g/mol. The van der Waals surface area contributed by atoms with Gasteiger partial charge in [-0.05, 0) is 43.5 Å². The SMILES string of the molecule is N#Cc1c(N)sc2c(F)ccc(-c3c(Cl)cc4c(N5CCOC[C@@]6(CCN6C(=O)n6cncn6)C5)nc(OC[C@@]56CCCN5C[C@H](F)C6)nc4c3F)c12. The van der Waals surface area contributed by atoms with Gasteiger partial charge in [-0.25, -0.2) is 22.9 Å². The van der Waals surface area contributed by atoms with Gasteiger partial charge in [-0.1, -0.05) is 17.7 Å². The Bertz CT molecular complexity index is 2340. The van der Waals surface area contributed by atoms with Crippen molar-refractivity contribution >= 4 is 60.8 Å². The second-order valence-corrected chi connectivity index (χ2v) is 15.6. The molecule has 0 unspecified atom stereocenters. The van der Waals surface area contributed by atoms with Crippen molar-refractivity contribution in [1.82, 2.24) is 34.5 Å². The van der Waals surface area contributed by atoms with Crippen LogP contribution in [0.2, 0.25) is 5.02 Å². The molecule has 3 atom stereocenters. The lowest BCUT2D eigenvalue weighted by atomic mass is 9.85. The van der Waals surface area contributed by atoms with E-state index in [4.69, 9.17) is 31.8 Å². The van der Waals surface area contributed by atoms with Gasteiger partial charge in [0.25, 0.3) is 0 Å². The number of halogens is 4. The number of anilines is 2. The average Bonchev–Trinajstić information content (AvgIpc) is 3.89. The van der Waals surface area contributed by atoms with E-state index in [-0.39, 0.29) is 86.1 Å². The molecule has 0 radical (unpaired) electrons. The molecule has 0 aliphatic carbocycles. The van der Waals surface area contributed by atoms with Gasteiger partial charge in [0.2, 0.25) is 0 Å². The van der Waals surface area contributed by atoms with Gasteiger partial charge in [0, 0.05) is 48.9 Å². The van der Waals surface area contributed by atoms with E-state index in [0.717, 1.165) is 30.7 Å². The highest BCUT2D eigenvalue weighted by molar-refractivity contribution is 7.23. The molecule has 274 valence electrons. The number of nitrogens with zero attached hydrogens (tertiary/aromatic N) is 9. The Labute approximate surface area is 309 Å². The highest BCUT2D eigenvalue weighted by Gasteiger charge is 2.51. The Kier molecular flexibility index (Phi) is 8.14. The fourth-order valence-electron chi connectivity index (χ4n) is 8.55. The summed E-state index contributed by atoms with van der Waals surface area (Å²) in [7, 11) is 0. The molecule has 4 saturated heterocycles. The summed E-state index contributed by atoms with van der Waals surface area (Å²) in [5.74, 6) is -1.13. The molecule has 18 heteroatoms. The van der Waals surface area contributed by atoms with Crippen molar-refractivity contribution in [3.05, 3.63) is 53.1 Å². The average molecular weight is 765 g/mol. The first kappa shape index (κ1) is 34.0. The molecule has 5 aromatic rings. The summed E-state index contributed by atoms with van der Waals surface area (Å²) < 4.78 is 60.5. The first-order valence-corrected chi connectivity index (χ1v) is 18.4. The molecule has 1 spiro atoms. The maximum atomic E-state index is 17.3. The lowest BCUT2D eigenvalue weighted by Crippen LogP contribution is -2.69. The predicted octanol–water partition coefficient (Wildman–Crippen LogP) is 5.39. The maximum absolute atomic E-state index is 17.3. The topological polar surface area (TPSA) is 152 Å². The number of nitrogen functional groups attached to an aromatic ring is 1. The molecule has 13 nitrogen and oxygen atoms in total. The van der Waals surface area contributed by atoms with Crippen LogP contribution in [0.3, 0.4) is 0 Å². The molecule has 7 heterocycles. The van der Waals surface area contributed by atoms with Crippen molar-refractivity contribution in [2.45, 2.75) is 42.9 Å². The van der Waals surface area contributed by atoms with Crippen LogP contribution in [0.5, 0.6) is 6.01 Å². The number of alkyl halides is 1. The van der Waals surface area contributed by atoms with Crippen molar-refractivity contribution in [2.24, 2.45) is 0 Å². The van der Waals surface area contributed by atoms with Crippen LogP contribution in [-0.2, 0) is 4.74 Å². The molecule has 53 heavy (non-hydrogen) atoms. The smallest absolute Gasteiger partial charge is 0.346 e. The highest BCUT2D eigenvalue weighted by atomic mass is 35.5. The minimum atomic E-state index is -0.981. The van der Waals surface area contributed by atoms with Crippen LogP contribution < -0.4 is 15.4 Å². The van der Waals surface area contributed by atoms with Gasteiger partial charge in [0.05, 0.1) is 39.6 Å². The van der Waals surface area contributed by atoms with Crippen LogP contribution in [0, 0.1) is 23.0 Å². The van der Waals surface area contributed by atoms with Crippen molar-refractivity contribution in [2.75, 3.05) is 63.2 Å². The molecule has 4 aliphatic heterocycles. The van der Waals surface area contributed by atoms with Gasteiger partial charge in [-0.3, -0.25) is 4.90 Å². The first-order chi connectivity index (χ1) is 25.6. The van der Waals surface area contributed by atoms with E-state index in [1.165, 1.54) is 29.5 Å². The van der Waals surface area contributed by atoms with Gasteiger partial charge in [0.1, 0.15) is 53.7 Å². The molecule has 9 rings (SSSR count). The Balaban J connectivity index is 1.18. The third-order valence-electron chi connectivity index (χ3n) is 11.2. The number of hydrogen-bond acceptors (Lipinski definition) is 12. The number of nitriles is 1. The molecular formula is C35H32ClF3N10O3S. The Morgan fingerprint density at radius 2 is 2.09 bits per heavy atom. The summed E-state index contributed by atoms with van der Waals surface area (Å²) in [6, 6.07) is 5.65. The predicted molar refractivity (Wildman–Crippen MR) is 191 cm³/mol. The molecule has 0 bridgehead atoms. The monoisotopic (exact) mass is 764 g/mol. The zero-order valence-corrected chi connectivity index (χ0v) is 29.8. The number of hydrogen-bond donors (Lipinski definition) is 1. The van der Waals surface area contributed by atoms with Crippen LogP contribution in [0.4, 0.5) is 28.8 Å². The third-order valence-corrected chi connectivity index (χ3v) is 12.5. The van der Waals surface area contributed by atoms with Crippen LogP contribution in [-0.4, -0.2) is 110 Å². The minimum Gasteiger partial charge on any atom is -0.461 e. The lowest BCUT2D eigenvalue weighted by molar-refractivity contribution is -0.0299. The van der Waals surface area contributed by atoms with Crippen LogP contribution in [0.25, 0.3) is 32.1 Å². The lowest BCUT2D eigenvalue weighted by Gasteiger charge is -2.52. The zero-order chi connectivity index (χ0) is 36.6. The number of carbonyl (C=O) groups is 1. The van der Waals surface area contributed by atoms with Gasteiger partial charge in [-0.15, -0.1) is 11.3 Å². The van der Waals surface area contributed by atoms with Crippen LogP contribution in [0.1, 0.15) is 31.2 Å². The number of aromatic nitrogens is 5. The summed E-state index contributed by atoms with van der Waals surface area (Å²) in [6.07, 6.45) is 4.24. The minimum absolute atomic E-state index is 0.0194. The van der Waals surface area contributed by atoms with E-state index >= 15 is 8.78 Å². The molecule has 2 aromatic carbocycles. The van der Waals surface area contributed by atoms with E-state index in [1.807, 2.05) is 11.0 Å². The van der Waals surface area contributed by atoms with Crippen molar-refractivity contribution < 1.29 is 27.4 Å². The number of likely N-dealkylation sites (tertiary alicyclic amines) is 1. The molecule has 3 aromatic heterocycles. The summed E-state index contributed by atoms with van der Waals surface area (Å²) in [5, 5.41) is 14.4. The molecule has 1 amide bonds. The largest absolute Gasteiger partial charge is 0.461 e. The fourth-order valence-corrected chi connectivity index (χ4v) is 9.79. The number of amides is 1. The number of thiophene rings is 1. The summed E-state index contributed by atoms with van der Waals surface area (Å²) in [5.41, 5.74) is 4.80. The van der Waals surface area contributed by atoms with Crippen molar-refractivity contribution in [1.29, 1.82) is 5.26 Å². The molecule has 4 fully saturated rings. The third kappa shape index (κ3) is 5.37. The van der Waals surface area contributed by atoms with Crippen LogP contribution in [0.15, 0.2) is 30.9 Å². The van der Waals surface area contributed by atoms with Gasteiger partial charge >= 0.3 is 12.0 Å². The van der Waals surface area contributed by atoms with Crippen LogP contribution >= 0.6 is 22.9 Å². The maximum Gasteiger partial charge on any atom is 0.346 e. The number of nitrogens with two attached hydrogens (primary N) is 1. The van der Waals surface area contributed by atoms with Gasteiger partial charge in [-0.2, -0.15) is 25.0 Å². The second kappa shape index (κ2) is 12.7. The summed E-state index contributed by atoms with van der Waals surface area (Å²) >= 11 is 7.82. The Morgan fingerprint density at radius 1 is 1.23 bits per heavy atom. The molecule has 0 saturated carbocycles. The second-order valence-electron chi connectivity index (χ2n) is 14.1. The quantitative estimate of drug-likeness (QED) is 0.245. The highest BCUT2D eigenvalue weighted by Crippen LogP contribution is 2.47. The van der Waals surface area contributed by atoms with E-state index in [9.17, 15) is 14.4 Å². The Hall–Kier alpha value is -4.76. The Morgan fingerprint density at radius 3 is 2.87 bits per heavy atom. The van der Waals surface area contributed by atoms with Crippen molar-refractivity contribution in [3.63, 3.8) is 0 Å². The molecule has 2 N–H and O–H groups in total. The number of ether oxygens (including phenoxy) is 2. The van der Waals surface area contributed by atoms with Crippen molar-refractivity contribution in [3.8, 4) is 23.2 Å². The van der Waals surface area contributed by atoms with E-state index in [0.29, 0.717) is 38.3 Å². The van der Waals surface area contributed by atoms with E-state index in [2.05, 4.69) is 20.0 Å². The van der Waals surface area contributed by atoms with Gasteiger partial charge < -0.3 is 25.0 Å². The molecule has 4 aliphatic rings. The van der Waals surface area contributed by atoms with E-state index in [1.54, 1.807) is 11.0 Å². The first-order valence-electron chi connectivity index (χ1n) is 17.2. The van der Waals surface area contributed by atoms with E-state index < -0.39 is 28.9 Å².